The van der Waals surface area contributed by atoms with E-state index in [-0.39, 0.29) is 30.7 Å². The first kappa shape index (κ1) is 26.1. The first-order valence-corrected chi connectivity index (χ1v) is 15.3. The Morgan fingerprint density at radius 3 is 2.43 bits per heavy atom. The molecule has 1 spiro atoms. The Hall–Kier alpha value is -1.14. The lowest BCUT2D eigenvalue weighted by Crippen LogP contribution is -2.55. The molecule has 6 rings (SSSR count). The van der Waals surface area contributed by atoms with Crippen LogP contribution in [0.2, 0.25) is 0 Å². The number of esters is 1. The first-order chi connectivity index (χ1) is 17.6. The van der Waals surface area contributed by atoms with Crippen molar-refractivity contribution in [2.75, 3.05) is 6.61 Å². The molecule has 6 nitrogen and oxygen atoms in total. The molecule has 4 aliphatic carbocycles. The molecule has 0 aromatic carbocycles. The highest BCUT2D eigenvalue weighted by atomic mass is 16.7. The van der Waals surface area contributed by atoms with Gasteiger partial charge in [0.2, 0.25) is 0 Å². The van der Waals surface area contributed by atoms with Crippen LogP contribution < -0.4 is 0 Å². The van der Waals surface area contributed by atoms with E-state index in [1.807, 2.05) is 0 Å². The van der Waals surface area contributed by atoms with Crippen molar-refractivity contribution >= 4 is 11.9 Å². The van der Waals surface area contributed by atoms with Gasteiger partial charge in [-0.1, -0.05) is 27.7 Å². The molecule has 0 radical (unpaired) electrons. The molecular weight excluding hydrogens is 468 g/mol. The van der Waals surface area contributed by atoms with Gasteiger partial charge in [-0.25, -0.2) is 0 Å². The number of aliphatic carboxylic acids is 1. The van der Waals surface area contributed by atoms with Crippen molar-refractivity contribution in [1.29, 1.82) is 0 Å². The largest absolute Gasteiger partial charge is 0.481 e. The highest BCUT2D eigenvalue weighted by molar-refractivity contribution is 5.76. The molecule has 0 aromatic heterocycles. The van der Waals surface area contributed by atoms with Crippen molar-refractivity contribution < 1.29 is 28.9 Å². The van der Waals surface area contributed by atoms with E-state index in [9.17, 15) is 9.59 Å². The number of carbonyl (C=O) groups is 2. The monoisotopic (exact) mass is 516 g/mol. The summed E-state index contributed by atoms with van der Waals surface area (Å²) in [6, 6.07) is 0. The zero-order valence-corrected chi connectivity index (χ0v) is 23.4. The Balaban J connectivity index is 1.13. The van der Waals surface area contributed by atoms with Gasteiger partial charge >= 0.3 is 11.9 Å². The average molecular weight is 517 g/mol. The molecule has 6 aliphatic rings. The zero-order valence-electron chi connectivity index (χ0n) is 23.4. The number of ether oxygens (including phenoxy) is 3. The number of rotatable bonds is 4. The molecule has 12 atom stereocenters. The summed E-state index contributed by atoms with van der Waals surface area (Å²) in [6.45, 7) is 10.7. The first-order valence-electron chi connectivity index (χ1n) is 15.3. The maximum atomic E-state index is 12.2. The second-order valence-electron chi connectivity index (χ2n) is 14.5. The van der Waals surface area contributed by atoms with Gasteiger partial charge in [0.1, 0.15) is 6.10 Å². The number of carboxylic acids is 1. The Labute approximate surface area is 222 Å². The van der Waals surface area contributed by atoms with Crippen LogP contribution in [0.25, 0.3) is 0 Å². The number of hydrogen-bond acceptors (Lipinski definition) is 5. The van der Waals surface area contributed by atoms with Crippen LogP contribution in [0.15, 0.2) is 0 Å². The van der Waals surface area contributed by atoms with Crippen molar-refractivity contribution in [3.63, 3.8) is 0 Å². The van der Waals surface area contributed by atoms with Gasteiger partial charge in [0.05, 0.1) is 25.6 Å². The van der Waals surface area contributed by atoms with Crippen LogP contribution >= 0.6 is 0 Å². The molecule has 208 valence electrons. The highest BCUT2D eigenvalue weighted by Crippen LogP contribution is 2.71. The third-order valence-electron chi connectivity index (χ3n) is 12.7. The van der Waals surface area contributed by atoms with E-state index in [0.717, 1.165) is 50.0 Å². The Kier molecular flexibility index (Phi) is 6.50. The maximum Gasteiger partial charge on any atom is 0.306 e. The lowest BCUT2D eigenvalue weighted by Gasteiger charge is -2.61. The number of carboxylic acid groups (broad SMARTS) is 1. The predicted molar refractivity (Wildman–Crippen MR) is 138 cm³/mol. The lowest BCUT2D eigenvalue weighted by atomic mass is 9.44. The summed E-state index contributed by atoms with van der Waals surface area (Å²) >= 11 is 0. The molecular formula is C31H48O6. The third kappa shape index (κ3) is 4.10. The van der Waals surface area contributed by atoms with E-state index in [1.165, 1.54) is 38.5 Å². The van der Waals surface area contributed by atoms with Crippen molar-refractivity contribution in [3.05, 3.63) is 0 Å². The normalized spacial score (nSPS) is 52.6. The molecule has 1 N–H and O–H groups in total. The summed E-state index contributed by atoms with van der Waals surface area (Å²) in [4.78, 5) is 23.0. The quantitative estimate of drug-likeness (QED) is 0.448. The Morgan fingerprint density at radius 1 is 0.919 bits per heavy atom. The molecule has 6 fully saturated rings. The summed E-state index contributed by atoms with van der Waals surface area (Å²) in [7, 11) is 0. The van der Waals surface area contributed by atoms with Crippen LogP contribution in [-0.4, -0.2) is 41.6 Å². The van der Waals surface area contributed by atoms with Crippen LogP contribution in [-0.2, 0) is 23.8 Å². The summed E-state index contributed by atoms with van der Waals surface area (Å²) in [5.74, 6) is 2.96. The summed E-state index contributed by atoms with van der Waals surface area (Å²) in [5.41, 5.74) is 0.670. The van der Waals surface area contributed by atoms with E-state index in [4.69, 9.17) is 19.3 Å². The fourth-order valence-corrected chi connectivity index (χ4v) is 10.8. The van der Waals surface area contributed by atoms with Gasteiger partial charge in [-0.3, -0.25) is 9.59 Å². The molecule has 4 saturated carbocycles. The molecule has 0 bridgehead atoms. The van der Waals surface area contributed by atoms with E-state index in [0.29, 0.717) is 40.6 Å². The van der Waals surface area contributed by atoms with Gasteiger partial charge < -0.3 is 19.3 Å². The molecule has 37 heavy (non-hydrogen) atoms. The minimum atomic E-state index is -0.942. The lowest BCUT2D eigenvalue weighted by molar-refractivity contribution is -0.273. The topological polar surface area (TPSA) is 82.1 Å². The zero-order chi connectivity index (χ0) is 26.2. The highest BCUT2D eigenvalue weighted by Gasteiger charge is 2.69. The van der Waals surface area contributed by atoms with Crippen LogP contribution in [0.4, 0.5) is 0 Å². The van der Waals surface area contributed by atoms with Crippen LogP contribution in [0, 0.1) is 52.3 Å². The van der Waals surface area contributed by atoms with Gasteiger partial charge in [0, 0.05) is 12.3 Å². The fourth-order valence-electron chi connectivity index (χ4n) is 10.8. The van der Waals surface area contributed by atoms with Gasteiger partial charge in [0.25, 0.3) is 0 Å². The summed E-state index contributed by atoms with van der Waals surface area (Å²) in [6.07, 6.45) is 11.7. The van der Waals surface area contributed by atoms with E-state index < -0.39 is 5.97 Å². The van der Waals surface area contributed by atoms with Crippen molar-refractivity contribution in [1.82, 2.24) is 0 Å². The minimum absolute atomic E-state index is 0.0209. The molecule has 0 amide bonds. The minimum Gasteiger partial charge on any atom is -0.481 e. The second-order valence-corrected chi connectivity index (χ2v) is 14.5. The number of fused-ring (bicyclic) bond motifs is 7. The maximum absolute atomic E-state index is 12.2. The Bertz CT molecular complexity index is 909. The van der Waals surface area contributed by atoms with Crippen molar-refractivity contribution in [3.8, 4) is 0 Å². The second kappa shape index (κ2) is 9.21. The summed E-state index contributed by atoms with van der Waals surface area (Å²) in [5, 5.41) is 8.87. The van der Waals surface area contributed by atoms with Crippen LogP contribution in [0.1, 0.15) is 105 Å². The van der Waals surface area contributed by atoms with Gasteiger partial charge in [-0.2, -0.15) is 0 Å². The molecule has 2 saturated heterocycles. The molecule has 2 aliphatic heterocycles. The molecule has 0 aromatic rings. The van der Waals surface area contributed by atoms with Gasteiger partial charge in [-0.15, -0.1) is 0 Å². The van der Waals surface area contributed by atoms with Gasteiger partial charge in [-0.05, 0) is 104 Å². The average Bonchev–Trinajstić information content (AvgIpc) is 3.30. The number of hydrogen-bond donors (Lipinski definition) is 1. The Morgan fingerprint density at radius 2 is 1.70 bits per heavy atom. The van der Waals surface area contributed by atoms with E-state index in [1.54, 1.807) is 0 Å². The third-order valence-corrected chi connectivity index (χ3v) is 12.7. The summed E-state index contributed by atoms with van der Waals surface area (Å²) < 4.78 is 19.2. The van der Waals surface area contributed by atoms with Gasteiger partial charge in [0.15, 0.2) is 5.79 Å². The smallest absolute Gasteiger partial charge is 0.306 e. The van der Waals surface area contributed by atoms with Crippen LogP contribution in [0.3, 0.4) is 0 Å². The standard InChI is InChI=1S/C31H48O6/c1-18-9-14-31(35-17-18)19(2)28-25(37-31)16-24-22-6-5-20-15-21(36-27(34)8-7-26(32)33)10-12-29(20,3)23(22)11-13-30(24,28)4/h18-25,28H,5-17H2,1-4H3,(H,32,33)/t18-,19-,20+,21-,22+,23-,24-,25-,28-,29-,30-,31+/m0/s1. The molecule has 6 heteroatoms. The predicted octanol–water partition coefficient (Wildman–Crippen LogP) is 6.21. The van der Waals surface area contributed by atoms with E-state index in [2.05, 4.69) is 27.7 Å². The van der Waals surface area contributed by atoms with Crippen LogP contribution in [0.5, 0.6) is 0 Å². The molecule has 0 unspecified atom stereocenters. The van der Waals surface area contributed by atoms with Crippen molar-refractivity contribution in [2.24, 2.45) is 52.3 Å². The number of carbonyl (C=O) groups excluding carboxylic acids is 1. The molecule has 2 heterocycles. The SMILES string of the molecule is C[C@H]1CC[C@@]2(OC1)O[C@H]1C[C@H]3[C@@H]4CC[C@@H]5C[C@@H](OC(=O)CCC(=O)O)CC[C@]5(C)[C@H]4CC[C@]3(C)[C@H]1[C@@H]2C. The van der Waals surface area contributed by atoms with E-state index >= 15 is 0 Å². The van der Waals surface area contributed by atoms with Crippen molar-refractivity contribution in [2.45, 2.75) is 123 Å². The fraction of sp³-hybridized carbons (Fsp3) is 0.935.